The van der Waals surface area contributed by atoms with E-state index in [1.807, 2.05) is 26.1 Å². The van der Waals surface area contributed by atoms with E-state index in [0.29, 0.717) is 0 Å². The summed E-state index contributed by atoms with van der Waals surface area (Å²) in [7, 11) is 0. The summed E-state index contributed by atoms with van der Waals surface area (Å²) in [4.78, 5) is 7.05. The van der Waals surface area contributed by atoms with Gasteiger partial charge in [0.15, 0.2) is 0 Å². The summed E-state index contributed by atoms with van der Waals surface area (Å²) in [6.07, 6.45) is 8.26. The van der Waals surface area contributed by atoms with Crippen molar-refractivity contribution in [2.24, 2.45) is 0 Å². The maximum atomic E-state index is 4.46. The fourth-order valence-corrected chi connectivity index (χ4v) is 2.91. The Morgan fingerprint density at radius 2 is 1.85 bits per heavy atom. The van der Waals surface area contributed by atoms with Crippen LogP contribution in [0.2, 0.25) is 0 Å². The fraction of sp³-hybridized carbons (Fsp3) is 0.588. The van der Waals surface area contributed by atoms with Gasteiger partial charge in [-0.15, -0.1) is 0 Å². The molecule has 20 heavy (non-hydrogen) atoms. The molecule has 0 radical (unpaired) electrons. The van der Waals surface area contributed by atoms with Gasteiger partial charge in [-0.25, -0.2) is 0 Å². The van der Waals surface area contributed by atoms with Crippen molar-refractivity contribution in [3.8, 4) is 0 Å². The highest BCUT2D eigenvalue weighted by atomic mass is 15.1. The van der Waals surface area contributed by atoms with Crippen LogP contribution in [0, 0.1) is 6.92 Å². The predicted molar refractivity (Wildman–Crippen MR) is 86.1 cm³/mol. The lowest BCUT2D eigenvalue weighted by Crippen LogP contribution is -2.32. The second kappa shape index (κ2) is 7.44. The molecule has 1 aliphatic heterocycles. The van der Waals surface area contributed by atoms with E-state index < -0.39 is 0 Å². The van der Waals surface area contributed by atoms with Crippen molar-refractivity contribution in [3.63, 3.8) is 0 Å². The minimum Gasteiger partial charge on any atom is -0.345 e. The number of rotatable bonds is 3. The first-order valence-electron chi connectivity index (χ1n) is 7.97. The average molecular weight is 273 g/mol. The number of likely N-dealkylation sites (tertiary alicyclic amines) is 1. The number of aryl methyl sites for hydroxylation is 1. The van der Waals surface area contributed by atoms with E-state index in [1.165, 1.54) is 43.4 Å². The normalized spacial score (nSPS) is 15.9. The van der Waals surface area contributed by atoms with Gasteiger partial charge in [0.2, 0.25) is 0 Å². The topological polar surface area (TPSA) is 21.1 Å². The van der Waals surface area contributed by atoms with Crippen molar-refractivity contribution in [2.75, 3.05) is 19.6 Å². The van der Waals surface area contributed by atoms with Crippen LogP contribution in [-0.4, -0.2) is 34.1 Å². The lowest BCUT2D eigenvalue weighted by molar-refractivity contribution is 0.221. The Bertz CT molecular complexity index is 524. The maximum absolute atomic E-state index is 4.46. The van der Waals surface area contributed by atoms with Gasteiger partial charge in [0.1, 0.15) is 0 Å². The highest BCUT2D eigenvalue weighted by molar-refractivity contribution is 5.79. The quantitative estimate of drug-likeness (QED) is 0.847. The molecular formula is C17H27N3. The molecule has 1 fully saturated rings. The van der Waals surface area contributed by atoms with E-state index in [-0.39, 0.29) is 0 Å². The van der Waals surface area contributed by atoms with Crippen LogP contribution < -0.4 is 0 Å². The molecule has 2 aromatic rings. The number of fused-ring (bicyclic) bond motifs is 1. The number of hydrogen-bond donors (Lipinski definition) is 0. The van der Waals surface area contributed by atoms with Crippen LogP contribution in [0.3, 0.4) is 0 Å². The molecule has 0 aromatic carbocycles. The molecule has 2 aromatic heterocycles. The van der Waals surface area contributed by atoms with Crippen molar-refractivity contribution in [2.45, 2.75) is 46.6 Å². The van der Waals surface area contributed by atoms with E-state index in [0.717, 1.165) is 18.6 Å². The van der Waals surface area contributed by atoms with Gasteiger partial charge in [0.05, 0.1) is 11.0 Å². The van der Waals surface area contributed by atoms with Crippen molar-refractivity contribution >= 4 is 11.0 Å². The summed E-state index contributed by atoms with van der Waals surface area (Å²) in [5.41, 5.74) is 3.70. The molecule has 3 heteroatoms. The fourth-order valence-electron chi connectivity index (χ4n) is 2.91. The Morgan fingerprint density at radius 1 is 1.10 bits per heavy atom. The maximum Gasteiger partial charge on any atom is 0.0910 e. The molecule has 0 bridgehead atoms. The Kier molecular flexibility index (Phi) is 5.60. The van der Waals surface area contributed by atoms with Crippen molar-refractivity contribution in [1.29, 1.82) is 0 Å². The molecule has 0 N–H and O–H groups in total. The largest absolute Gasteiger partial charge is 0.345 e. The minimum atomic E-state index is 1.08. The van der Waals surface area contributed by atoms with E-state index in [4.69, 9.17) is 0 Å². The van der Waals surface area contributed by atoms with Gasteiger partial charge in [-0.2, -0.15) is 0 Å². The lowest BCUT2D eigenvalue weighted by Gasteiger charge is -2.26. The van der Waals surface area contributed by atoms with E-state index >= 15 is 0 Å². The van der Waals surface area contributed by atoms with Gasteiger partial charge in [0.25, 0.3) is 0 Å². The summed E-state index contributed by atoms with van der Waals surface area (Å²) < 4.78 is 2.35. The van der Waals surface area contributed by atoms with Crippen molar-refractivity contribution in [1.82, 2.24) is 14.5 Å². The summed E-state index contributed by atoms with van der Waals surface area (Å²) in [5.74, 6) is 0. The van der Waals surface area contributed by atoms with Gasteiger partial charge in [-0.1, -0.05) is 20.3 Å². The summed E-state index contributed by atoms with van der Waals surface area (Å²) >= 11 is 0. The molecule has 0 saturated carbocycles. The molecule has 3 heterocycles. The standard InChI is InChI=1S/C15H21N3.C2H6/c1-13-12-18(14-6-5-7-16-15(13)14)11-10-17-8-3-2-4-9-17;1-2/h5-7,12H,2-4,8-11H2,1H3;1-2H3. The molecule has 0 aliphatic carbocycles. The van der Waals surface area contributed by atoms with Crippen LogP contribution in [0.15, 0.2) is 24.5 Å². The van der Waals surface area contributed by atoms with Crippen LogP contribution in [0.5, 0.6) is 0 Å². The SMILES string of the molecule is CC.Cc1cn(CCN2CCCCC2)c2cccnc12. The third-order valence-corrected chi connectivity index (χ3v) is 3.92. The Hall–Kier alpha value is -1.35. The Balaban J connectivity index is 0.000000704. The molecule has 0 unspecified atom stereocenters. The zero-order valence-corrected chi connectivity index (χ0v) is 13.1. The Morgan fingerprint density at radius 3 is 2.60 bits per heavy atom. The van der Waals surface area contributed by atoms with Crippen LogP contribution >= 0.6 is 0 Å². The summed E-state index contributed by atoms with van der Waals surface area (Å²) in [6.45, 7) is 10.9. The van der Waals surface area contributed by atoms with Crippen molar-refractivity contribution < 1.29 is 0 Å². The third-order valence-electron chi connectivity index (χ3n) is 3.92. The van der Waals surface area contributed by atoms with Gasteiger partial charge in [-0.3, -0.25) is 4.98 Å². The zero-order chi connectivity index (χ0) is 14.4. The van der Waals surface area contributed by atoms with Crippen LogP contribution in [0.25, 0.3) is 11.0 Å². The molecule has 1 aliphatic rings. The van der Waals surface area contributed by atoms with Crippen LogP contribution in [0.1, 0.15) is 38.7 Å². The molecule has 0 spiro atoms. The first-order valence-corrected chi connectivity index (χ1v) is 7.97. The van der Waals surface area contributed by atoms with Gasteiger partial charge >= 0.3 is 0 Å². The Labute approximate surface area is 122 Å². The minimum absolute atomic E-state index is 1.08. The number of aromatic nitrogens is 2. The predicted octanol–water partition coefficient (Wildman–Crippen LogP) is 3.86. The molecule has 0 atom stereocenters. The van der Waals surface area contributed by atoms with Gasteiger partial charge in [0, 0.05) is 25.5 Å². The molecular weight excluding hydrogens is 246 g/mol. The number of nitrogens with zero attached hydrogens (tertiary/aromatic N) is 3. The van der Waals surface area contributed by atoms with Crippen LogP contribution in [0.4, 0.5) is 0 Å². The smallest absolute Gasteiger partial charge is 0.0910 e. The highest BCUT2D eigenvalue weighted by Crippen LogP contribution is 2.18. The van der Waals surface area contributed by atoms with E-state index in [9.17, 15) is 0 Å². The van der Waals surface area contributed by atoms with Gasteiger partial charge in [-0.05, 0) is 50.6 Å². The zero-order valence-electron chi connectivity index (χ0n) is 13.1. The molecule has 110 valence electrons. The van der Waals surface area contributed by atoms with Crippen molar-refractivity contribution in [3.05, 3.63) is 30.1 Å². The van der Waals surface area contributed by atoms with Crippen LogP contribution in [-0.2, 0) is 6.54 Å². The number of piperidine rings is 1. The summed E-state index contributed by atoms with van der Waals surface area (Å²) in [6, 6.07) is 4.20. The second-order valence-electron chi connectivity index (χ2n) is 5.28. The molecule has 3 rings (SSSR count). The number of hydrogen-bond acceptors (Lipinski definition) is 2. The molecule has 0 amide bonds. The average Bonchev–Trinajstić information content (AvgIpc) is 2.85. The molecule has 3 nitrogen and oxygen atoms in total. The highest BCUT2D eigenvalue weighted by Gasteiger charge is 2.11. The molecule has 1 saturated heterocycles. The first kappa shape index (κ1) is 15.0. The first-order chi connectivity index (χ1) is 9.84. The van der Waals surface area contributed by atoms with E-state index in [1.54, 1.807) is 0 Å². The summed E-state index contributed by atoms with van der Waals surface area (Å²) in [5, 5.41) is 0. The lowest BCUT2D eigenvalue weighted by atomic mass is 10.1. The second-order valence-corrected chi connectivity index (χ2v) is 5.28. The third kappa shape index (κ3) is 3.40. The monoisotopic (exact) mass is 273 g/mol. The van der Waals surface area contributed by atoms with E-state index in [2.05, 4.69) is 33.6 Å². The number of pyridine rings is 1. The van der Waals surface area contributed by atoms with Gasteiger partial charge < -0.3 is 9.47 Å².